The maximum absolute atomic E-state index is 12.8. The number of hydrogen-bond donors (Lipinski definition) is 0. The van der Waals surface area contributed by atoms with Gasteiger partial charge in [0.05, 0.1) is 0 Å². The Balaban J connectivity index is 1.37. The molecule has 1 saturated heterocycles. The van der Waals surface area contributed by atoms with E-state index in [1.807, 2.05) is 54.2 Å². The molecule has 0 saturated carbocycles. The molecule has 5 heteroatoms. The topological polar surface area (TPSA) is 25.2 Å². The summed E-state index contributed by atoms with van der Waals surface area (Å²) >= 11 is 12.2. The van der Waals surface area contributed by atoms with Crippen LogP contribution in [0.2, 0.25) is 10.0 Å². The van der Waals surface area contributed by atoms with E-state index in [1.165, 1.54) is 5.56 Å². The molecule has 2 heterocycles. The maximum atomic E-state index is 12.8. The predicted molar refractivity (Wildman–Crippen MR) is 121 cm³/mol. The molecule has 1 aliphatic rings. The first-order valence-corrected chi connectivity index (χ1v) is 10.7. The largest absolute Gasteiger partial charge is 0.350 e. The van der Waals surface area contributed by atoms with Gasteiger partial charge in [-0.05, 0) is 73.8 Å². The van der Waals surface area contributed by atoms with Crippen LogP contribution in [-0.4, -0.2) is 28.3 Å². The minimum Gasteiger partial charge on any atom is -0.350 e. The Morgan fingerprint density at radius 3 is 2.62 bits per heavy atom. The van der Waals surface area contributed by atoms with Gasteiger partial charge in [0, 0.05) is 46.3 Å². The van der Waals surface area contributed by atoms with Crippen molar-refractivity contribution < 1.29 is 4.79 Å². The smallest absolute Gasteiger partial charge is 0.187 e. The Morgan fingerprint density at radius 2 is 1.86 bits per heavy atom. The van der Waals surface area contributed by atoms with Crippen LogP contribution < -0.4 is 0 Å². The number of fused-ring (bicyclic) bond motifs is 1. The van der Waals surface area contributed by atoms with Crippen molar-refractivity contribution in [1.82, 2.24) is 9.47 Å². The van der Waals surface area contributed by atoms with E-state index >= 15 is 0 Å². The molecule has 4 rings (SSSR count). The molecule has 0 radical (unpaired) electrons. The Labute approximate surface area is 181 Å². The van der Waals surface area contributed by atoms with E-state index in [1.54, 1.807) is 6.08 Å². The number of piperidine rings is 1. The Kier molecular flexibility index (Phi) is 6.09. The molecule has 1 aromatic heterocycles. The summed E-state index contributed by atoms with van der Waals surface area (Å²) in [6, 6.07) is 13.7. The Bertz CT molecular complexity index is 1060. The van der Waals surface area contributed by atoms with Crippen LogP contribution in [0.1, 0.15) is 28.8 Å². The van der Waals surface area contributed by atoms with E-state index in [-0.39, 0.29) is 5.78 Å². The molecule has 3 nitrogen and oxygen atoms in total. The highest BCUT2D eigenvalue weighted by molar-refractivity contribution is 6.31. The fraction of sp³-hybridized carbons (Fsp3) is 0.292. The lowest BCUT2D eigenvalue weighted by molar-refractivity contribution is 0.104. The lowest BCUT2D eigenvalue weighted by atomic mass is 9.95. The van der Waals surface area contributed by atoms with E-state index < -0.39 is 0 Å². The number of ketones is 1. The highest BCUT2D eigenvalue weighted by atomic mass is 35.5. The standard InChI is InChI=1S/C24H24Cl2N2O/c1-27-16-22(21-14-20(26)6-7-23(21)27)24(29)8-5-17-9-11-28(12-10-17)15-18-3-2-4-19(25)13-18/h2-8,13-14,16-17H,9-12,15H2,1H3/b8-5+. The van der Waals surface area contributed by atoms with Gasteiger partial charge >= 0.3 is 0 Å². The second-order valence-corrected chi connectivity index (χ2v) is 8.65. The van der Waals surface area contributed by atoms with Crippen LogP contribution in [0.25, 0.3) is 10.9 Å². The van der Waals surface area contributed by atoms with Gasteiger partial charge in [-0.1, -0.05) is 41.4 Å². The molecule has 0 bridgehead atoms. The van der Waals surface area contributed by atoms with Gasteiger partial charge in [0.25, 0.3) is 0 Å². The molecular formula is C24H24Cl2N2O. The molecule has 0 spiro atoms. The van der Waals surface area contributed by atoms with Gasteiger partial charge in [0.1, 0.15) is 0 Å². The predicted octanol–water partition coefficient (Wildman–Crippen LogP) is 6.14. The summed E-state index contributed by atoms with van der Waals surface area (Å²) in [5, 5.41) is 2.34. The third-order valence-electron chi connectivity index (χ3n) is 5.66. The molecule has 3 aromatic rings. The van der Waals surface area contributed by atoms with Crippen LogP contribution in [0.3, 0.4) is 0 Å². The van der Waals surface area contributed by atoms with E-state index in [0.29, 0.717) is 16.5 Å². The van der Waals surface area contributed by atoms with Crippen LogP contribution in [0, 0.1) is 5.92 Å². The first kappa shape index (κ1) is 20.2. The average molecular weight is 427 g/mol. The zero-order valence-electron chi connectivity index (χ0n) is 16.4. The van der Waals surface area contributed by atoms with Crippen LogP contribution in [0.5, 0.6) is 0 Å². The average Bonchev–Trinajstić information content (AvgIpc) is 3.03. The van der Waals surface area contributed by atoms with Gasteiger partial charge in [-0.3, -0.25) is 9.69 Å². The molecule has 0 atom stereocenters. The summed E-state index contributed by atoms with van der Waals surface area (Å²) in [4.78, 5) is 15.2. The number of allylic oxidation sites excluding steroid dienone is 2. The number of hydrogen-bond acceptors (Lipinski definition) is 2. The molecule has 0 amide bonds. The summed E-state index contributed by atoms with van der Waals surface area (Å²) in [7, 11) is 1.95. The van der Waals surface area contributed by atoms with Crippen LogP contribution in [0.4, 0.5) is 0 Å². The summed E-state index contributed by atoms with van der Waals surface area (Å²) in [6.45, 7) is 2.98. The minimum atomic E-state index is 0.0409. The van der Waals surface area contributed by atoms with E-state index in [2.05, 4.69) is 17.0 Å². The van der Waals surface area contributed by atoms with Crippen molar-refractivity contribution in [3.63, 3.8) is 0 Å². The van der Waals surface area contributed by atoms with Crippen LogP contribution in [-0.2, 0) is 13.6 Å². The van der Waals surface area contributed by atoms with Crippen LogP contribution in [0.15, 0.2) is 60.8 Å². The highest BCUT2D eigenvalue weighted by Crippen LogP contribution is 2.26. The second kappa shape index (κ2) is 8.74. The zero-order chi connectivity index (χ0) is 20.4. The summed E-state index contributed by atoms with van der Waals surface area (Å²) in [6.07, 6.45) is 7.84. The number of halogens is 2. The molecule has 0 N–H and O–H groups in total. The third-order valence-corrected chi connectivity index (χ3v) is 6.13. The molecule has 150 valence electrons. The van der Waals surface area contributed by atoms with E-state index in [0.717, 1.165) is 48.4 Å². The minimum absolute atomic E-state index is 0.0409. The highest BCUT2D eigenvalue weighted by Gasteiger charge is 2.18. The first-order chi connectivity index (χ1) is 14.0. The van der Waals surface area contributed by atoms with Crippen molar-refractivity contribution in [2.45, 2.75) is 19.4 Å². The van der Waals surface area contributed by atoms with Gasteiger partial charge in [-0.2, -0.15) is 0 Å². The van der Waals surface area contributed by atoms with Gasteiger partial charge in [0.15, 0.2) is 5.78 Å². The van der Waals surface area contributed by atoms with Crippen molar-refractivity contribution in [1.29, 1.82) is 0 Å². The van der Waals surface area contributed by atoms with E-state index in [9.17, 15) is 4.79 Å². The van der Waals surface area contributed by atoms with Gasteiger partial charge < -0.3 is 4.57 Å². The number of rotatable bonds is 5. The number of likely N-dealkylation sites (tertiary alicyclic amines) is 1. The normalized spacial score (nSPS) is 16.1. The fourth-order valence-corrected chi connectivity index (χ4v) is 4.46. The number of aromatic nitrogens is 1. The number of carbonyl (C=O) groups excluding carboxylic acids is 1. The monoisotopic (exact) mass is 426 g/mol. The first-order valence-electron chi connectivity index (χ1n) is 9.93. The maximum Gasteiger partial charge on any atom is 0.187 e. The lowest BCUT2D eigenvalue weighted by Crippen LogP contribution is -2.32. The summed E-state index contributed by atoms with van der Waals surface area (Å²) < 4.78 is 1.97. The molecule has 2 aromatic carbocycles. The zero-order valence-corrected chi connectivity index (χ0v) is 18.0. The fourth-order valence-electron chi connectivity index (χ4n) is 4.07. The summed E-state index contributed by atoms with van der Waals surface area (Å²) in [5.41, 5.74) is 2.97. The molecule has 0 aliphatic carbocycles. The van der Waals surface area contributed by atoms with Crippen molar-refractivity contribution in [2.75, 3.05) is 13.1 Å². The van der Waals surface area contributed by atoms with Crippen LogP contribution >= 0.6 is 23.2 Å². The lowest BCUT2D eigenvalue weighted by Gasteiger charge is -2.30. The van der Waals surface area contributed by atoms with Crippen molar-refractivity contribution >= 4 is 39.9 Å². The van der Waals surface area contributed by atoms with Gasteiger partial charge in [-0.15, -0.1) is 0 Å². The number of benzene rings is 2. The van der Waals surface area contributed by atoms with Crippen molar-refractivity contribution in [3.05, 3.63) is 82.0 Å². The SMILES string of the molecule is Cn1cc(C(=O)/C=C/C2CCN(Cc3cccc(Cl)c3)CC2)c2cc(Cl)ccc21. The molecule has 1 fully saturated rings. The van der Waals surface area contributed by atoms with Gasteiger partial charge in [0.2, 0.25) is 0 Å². The number of aryl methyl sites for hydroxylation is 1. The quantitative estimate of drug-likeness (QED) is 0.361. The van der Waals surface area contributed by atoms with Gasteiger partial charge in [-0.25, -0.2) is 0 Å². The van der Waals surface area contributed by atoms with Crippen molar-refractivity contribution in [3.8, 4) is 0 Å². The number of nitrogens with zero attached hydrogens (tertiary/aromatic N) is 2. The van der Waals surface area contributed by atoms with E-state index in [4.69, 9.17) is 23.2 Å². The molecular weight excluding hydrogens is 403 g/mol. The molecule has 29 heavy (non-hydrogen) atoms. The van der Waals surface area contributed by atoms with Crippen molar-refractivity contribution in [2.24, 2.45) is 13.0 Å². The second-order valence-electron chi connectivity index (χ2n) is 7.78. The Hall–Kier alpha value is -2.07. The molecule has 1 aliphatic heterocycles. The number of carbonyl (C=O) groups is 1. The Morgan fingerprint density at radius 1 is 1.10 bits per heavy atom. The molecule has 0 unspecified atom stereocenters. The third kappa shape index (κ3) is 4.75. The summed E-state index contributed by atoms with van der Waals surface area (Å²) in [5.74, 6) is 0.479.